The van der Waals surface area contributed by atoms with Crippen molar-refractivity contribution in [2.45, 2.75) is 20.4 Å². The number of para-hydroxylation sites is 1. The minimum absolute atomic E-state index is 0. The molecule has 2 N–H and O–H groups in total. The van der Waals surface area contributed by atoms with Crippen LogP contribution in [0.1, 0.15) is 19.4 Å². The van der Waals surface area contributed by atoms with Crippen molar-refractivity contribution in [1.29, 1.82) is 0 Å². The number of ether oxygens (including phenoxy) is 3. The van der Waals surface area contributed by atoms with E-state index in [4.69, 9.17) is 14.2 Å². The zero-order chi connectivity index (χ0) is 19.9. The number of rotatable bonds is 12. The minimum Gasteiger partial charge on any atom is -0.490 e. The number of aromatic nitrogens is 1. The molecule has 0 saturated carbocycles. The van der Waals surface area contributed by atoms with E-state index in [1.54, 1.807) is 6.20 Å². The average molecular weight is 514 g/mol. The molecular formula is C21H31IN4O3. The maximum Gasteiger partial charge on any atom is 0.213 e. The lowest BCUT2D eigenvalue weighted by molar-refractivity contribution is 0.152. The molecule has 0 saturated heterocycles. The van der Waals surface area contributed by atoms with Gasteiger partial charge in [0.05, 0.1) is 13.2 Å². The largest absolute Gasteiger partial charge is 0.490 e. The highest BCUT2D eigenvalue weighted by atomic mass is 127. The van der Waals surface area contributed by atoms with Crippen molar-refractivity contribution in [2.24, 2.45) is 4.99 Å². The number of nitrogens with one attached hydrogen (secondary N) is 2. The van der Waals surface area contributed by atoms with Crippen LogP contribution in [0, 0.1) is 0 Å². The molecule has 1 aromatic heterocycles. The summed E-state index contributed by atoms with van der Waals surface area (Å²) in [6, 6.07) is 13.5. The molecule has 160 valence electrons. The van der Waals surface area contributed by atoms with Crippen LogP contribution in [0.4, 0.5) is 0 Å². The summed E-state index contributed by atoms with van der Waals surface area (Å²) in [5, 5.41) is 6.45. The van der Waals surface area contributed by atoms with Gasteiger partial charge in [-0.05, 0) is 31.5 Å². The first-order chi connectivity index (χ1) is 13.8. The number of halogens is 1. The lowest BCUT2D eigenvalue weighted by Gasteiger charge is -2.11. The number of hydrogen-bond donors (Lipinski definition) is 2. The Bertz CT molecular complexity index is 684. The van der Waals surface area contributed by atoms with Crippen LogP contribution < -0.4 is 20.1 Å². The highest BCUT2D eigenvalue weighted by molar-refractivity contribution is 14.0. The Labute approximate surface area is 190 Å². The first-order valence-corrected chi connectivity index (χ1v) is 9.67. The van der Waals surface area contributed by atoms with E-state index in [0.29, 0.717) is 38.9 Å². The molecule has 0 atom stereocenters. The first-order valence-electron chi connectivity index (χ1n) is 9.67. The third kappa shape index (κ3) is 10.9. The second-order valence-electron chi connectivity index (χ2n) is 5.83. The molecule has 1 aromatic carbocycles. The molecule has 0 unspecified atom stereocenters. The van der Waals surface area contributed by atoms with Gasteiger partial charge >= 0.3 is 0 Å². The van der Waals surface area contributed by atoms with Crippen molar-refractivity contribution in [3.05, 3.63) is 54.2 Å². The molecule has 7 nitrogen and oxygen atoms in total. The summed E-state index contributed by atoms with van der Waals surface area (Å²) >= 11 is 0. The quantitative estimate of drug-likeness (QED) is 0.196. The molecule has 1 heterocycles. The van der Waals surface area contributed by atoms with E-state index >= 15 is 0 Å². The van der Waals surface area contributed by atoms with Crippen molar-refractivity contribution >= 4 is 29.9 Å². The number of nitrogens with zero attached hydrogens (tertiary/aromatic N) is 2. The number of guanidine groups is 1. The van der Waals surface area contributed by atoms with Crippen molar-refractivity contribution in [2.75, 3.05) is 39.5 Å². The summed E-state index contributed by atoms with van der Waals surface area (Å²) < 4.78 is 16.5. The van der Waals surface area contributed by atoms with E-state index in [2.05, 4.69) is 20.6 Å². The maximum absolute atomic E-state index is 5.61. The molecule has 0 aliphatic heterocycles. The van der Waals surface area contributed by atoms with Crippen molar-refractivity contribution < 1.29 is 14.2 Å². The van der Waals surface area contributed by atoms with Crippen molar-refractivity contribution in [3.8, 4) is 11.6 Å². The van der Waals surface area contributed by atoms with Gasteiger partial charge in [-0.25, -0.2) is 9.98 Å². The van der Waals surface area contributed by atoms with Crippen LogP contribution in [0.15, 0.2) is 53.7 Å². The molecule has 8 heteroatoms. The van der Waals surface area contributed by atoms with E-state index < -0.39 is 0 Å². The molecule has 0 bridgehead atoms. The van der Waals surface area contributed by atoms with E-state index in [1.165, 1.54) is 0 Å². The van der Waals surface area contributed by atoms with Crippen molar-refractivity contribution in [3.63, 3.8) is 0 Å². The maximum atomic E-state index is 5.61. The molecule has 0 amide bonds. The van der Waals surface area contributed by atoms with Gasteiger partial charge in [0.25, 0.3) is 0 Å². The molecule has 0 aliphatic carbocycles. The molecule has 2 aromatic rings. The van der Waals surface area contributed by atoms with E-state index in [0.717, 1.165) is 30.4 Å². The second kappa shape index (κ2) is 15.8. The van der Waals surface area contributed by atoms with Gasteiger partial charge in [0.15, 0.2) is 5.96 Å². The first kappa shape index (κ1) is 25.0. The third-order valence-corrected chi connectivity index (χ3v) is 3.65. The summed E-state index contributed by atoms with van der Waals surface area (Å²) in [5.41, 5.74) is 1.01. The fraction of sp³-hybridized carbons (Fsp3) is 0.429. The van der Waals surface area contributed by atoms with Crippen LogP contribution in [0.25, 0.3) is 0 Å². The highest BCUT2D eigenvalue weighted by Crippen LogP contribution is 2.10. The van der Waals surface area contributed by atoms with Crippen LogP contribution in [0.2, 0.25) is 0 Å². The van der Waals surface area contributed by atoms with E-state index in [1.807, 2.05) is 56.3 Å². The summed E-state index contributed by atoms with van der Waals surface area (Å²) in [5.74, 6) is 2.17. The molecular weight excluding hydrogens is 483 g/mol. The van der Waals surface area contributed by atoms with Gasteiger partial charge < -0.3 is 24.8 Å². The van der Waals surface area contributed by atoms with Gasteiger partial charge in [0.2, 0.25) is 5.88 Å². The van der Waals surface area contributed by atoms with Crippen LogP contribution in [0.3, 0.4) is 0 Å². The zero-order valence-corrected chi connectivity index (χ0v) is 19.4. The summed E-state index contributed by atoms with van der Waals surface area (Å²) in [4.78, 5) is 8.88. The minimum atomic E-state index is 0. The number of aliphatic imine (C=N–C) groups is 1. The Morgan fingerprint density at radius 2 is 1.76 bits per heavy atom. The van der Waals surface area contributed by atoms with E-state index in [9.17, 15) is 0 Å². The Morgan fingerprint density at radius 3 is 2.45 bits per heavy atom. The van der Waals surface area contributed by atoms with Crippen LogP contribution in [-0.2, 0) is 11.3 Å². The Hall–Kier alpha value is -2.07. The fourth-order valence-corrected chi connectivity index (χ4v) is 2.31. The lowest BCUT2D eigenvalue weighted by atomic mass is 10.3. The average Bonchev–Trinajstić information content (AvgIpc) is 2.74. The molecule has 0 aliphatic rings. The number of hydrogen-bond acceptors (Lipinski definition) is 5. The van der Waals surface area contributed by atoms with Gasteiger partial charge in [0.1, 0.15) is 19.0 Å². The number of pyridine rings is 1. The summed E-state index contributed by atoms with van der Waals surface area (Å²) in [6.45, 7) is 8.35. The van der Waals surface area contributed by atoms with Gasteiger partial charge in [0, 0.05) is 32.0 Å². The van der Waals surface area contributed by atoms with Crippen molar-refractivity contribution in [1.82, 2.24) is 15.6 Å². The SMILES string of the molecule is CCNC(=NCc1ccc(OCCOc2ccccc2)nc1)NCCOCC.I. The lowest BCUT2D eigenvalue weighted by Crippen LogP contribution is -2.39. The molecule has 2 rings (SSSR count). The second-order valence-corrected chi connectivity index (χ2v) is 5.83. The predicted octanol–water partition coefficient (Wildman–Crippen LogP) is 3.25. The topological polar surface area (TPSA) is 77.0 Å². The Balaban J connectivity index is 0.00000420. The Kier molecular flexibility index (Phi) is 13.6. The normalized spacial score (nSPS) is 10.8. The molecule has 0 fully saturated rings. The summed E-state index contributed by atoms with van der Waals surface area (Å²) in [6.07, 6.45) is 1.78. The zero-order valence-electron chi connectivity index (χ0n) is 17.1. The summed E-state index contributed by atoms with van der Waals surface area (Å²) in [7, 11) is 0. The molecule has 0 radical (unpaired) electrons. The number of benzene rings is 1. The standard InChI is InChI=1S/C21H30N4O3.HI/c1-3-22-21(23-12-13-26-4-2)25-17-18-10-11-20(24-16-18)28-15-14-27-19-8-6-5-7-9-19;/h5-11,16H,3-4,12-15,17H2,1-2H3,(H2,22,23,25);1H. The third-order valence-electron chi connectivity index (χ3n) is 3.65. The van der Waals surface area contributed by atoms with Gasteiger partial charge in [-0.2, -0.15) is 0 Å². The van der Waals surface area contributed by atoms with E-state index in [-0.39, 0.29) is 24.0 Å². The van der Waals surface area contributed by atoms with Crippen LogP contribution >= 0.6 is 24.0 Å². The molecule has 0 spiro atoms. The van der Waals surface area contributed by atoms with Gasteiger partial charge in [-0.15, -0.1) is 24.0 Å². The highest BCUT2D eigenvalue weighted by Gasteiger charge is 2.00. The van der Waals surface area contributed by atoms with Gasteiger partial charge in [-0.1, -0.05) is 24.3 Å². The fourth-order valence-electron chi connectivity index (χ4n) is 2.31. The molecule has 29 heavy (non-hydrogen) atoms. The Morgan fingerprint density at radius 1 is 0.966 bits per heavy atom. The van der Waals surface area contributed by atoms with Gasteiger partial charge in [-0.3, -0.25) is 0 Å². The van der Waals surface area contributed by atoms with Crippen LogP contribution in [0.5, 0.6) is 11.6 Å². The predicted molar refractivity (Wildman–Crippen MR) is 126 cm³/mol. The smallest absolute Gasteiger partial charge is 0.213 e. The monoisotopic (exact) mass is 514 g/mol. The van der Waals surface area contributed by atoms with Crippen LogP contribution in [-0.4, -0.2) is 50.5 Å².